The molecule has 30 heavy (non-hydrogen) atoms. The Balaban J connectivity index is 1.74. The lowest BCUT2D eigenvalue weighted by Gasteiger charge is -2.18. The van der Waals surface area contributed by atoms with Crippen molar-refractivity contribution in [3.63, 3.8) is 0 Å². The van der Waals surface area contributed by atoms with Crippen molar-refractivity contribution in [2.45, 2.75) is 46.3 Å². The fraction of sp³-hybridized carbons (Fsp3) is 0.269. The van der Waals surface area contributed by atoms with Crippen LogP contribution in [0.25, 0.3) is 28.0 Å². The molecule has 0 aliphatic rings. The smallest absolute Gasteiger partial charge is 0.137 e. The summed E-state index contributed by atoms with van der Waals surface area (Å²) < 4.78 is 7.89. The van der Waals surface area contributed by atoms with Gasteiger partial charge in [0, 0.05) is 17.3 Å². The van der Waals surface area contributed by atoms with E-state index < -0.39 is 5.60 Å². The monoisotopic (exact) mass is 400 g/mol. The van der Waals surface area contributed by atoms with E-state index in [1.807, 2.05) is 44.3 Å². The first kappa shape index (κ1) is 20.2. The van der Waals surface area contributed by atoms with Crippen LogP contribution in [0.15, 0.2) is 67.0 Å². The lowest BCUT2D eigenvalue weighted by molar-refractivity contribution is 0.0786. The molecule has 0 amide bonds. The van der Waals surface area contributed by atoms with Gasteiger partial charge in [-0.1, -0.05) is 24.3 Å². The van der Waals surface area contributed by atoms with Gasteiger partial charge in [-0.15, -0.1) is 0 Å². The third-order valence-corrected chi connectivity index (χ3v) is 5.28. The van der Waals surface area contributed by atoms with E-state index in [4.69, 9.17) is 4.74 Å². The standard InChI is InChI=1S/C26H28N2O2/c1-17(2)30-22-12-8-20(9-13-22)24-15-27-25-14-18(3)23(16-28(24)25)19-6-10-21(11-7-19)26(4,5)29/h6-17,29H,1-5H3. The molecule has 1 N–H and O–H groups in total. The van der Waals surface area contributed by atoms with Crippen LogP contribution in [0.5, 0.6) is 5.75 Å². The number of nitrogens with zero attached hydrogens (tertiary/aromatic N) is 2. The molecule has 0 atom stereocenters. The van der Waals surface area contributed by atoms with Crippen molar-refractivity contribution < 1.29 is 9.84 Å². The molecule has 2 aromatic carbocycles. The van der Waals surface area contributed by atoms with Crippen LogP contribution >= 0.6 is 0 Å². The largest absolute Gasteiger partial charge is 0.491 e. The number of aromatic nitrogens is 2. The fourth-order valence-corrected chi connectivity index (χ4v) is 3.67. The van der Waals surface area contributed by atoms with Gasteiger partial charge in [-0.25, -0.2) is 4.98 Å². The van der Waals surface area contributed by atoms with Crippen LogP contribution in [0.1, 0.15) is 38.8 Å². The van der Waals surface area contributed by atoms with Gasteiger partial charge in [0.25, 0.3) is 0 Å². The van der Waals surface area contributed by atoms with Gasteiger partial charge in [-0.3, -0.25) is 4.40 Å². The maximum Gasteiger partial charge on any atom is 0.137 e. The van der Waals surface area contributed by atoms with Crippen molar-refractivity contribution in [1.29, 1.82) is 0 Å². The second-order valence-electron chi connectivity index (χ2n) is 8.57. The normalized spacial score (nSPS) is 12.0. The number of imidazole rings is 1. The van der Waals surface area contributed by atoms with Crippen LogP contribution in [-0.2, 0) is 5.60 Å². The molecule has 4 rings (SSSR count). The third kappa shape index (κ3) is 3.96. The number of aliphatic hydroxyl groups is 1. The maximum atomic E-state index is 10.2. The molecule has 0 radical (unpaired) electrons. The molecule has 0 saturated carbocycles. The fourth-order valence-electron chi connectivity index (χ4n) is 3.67. The summed E-state index contributed by atoms with van der Waals surface area (Å²) in [7, 11) is 0. The van der Waals surface area contributed by atoms with Crippen LogP contribution in [0.2, 0.25) is 0 Å². The van der Waals surface area contributed by atoms with Gasteiger partial charge in [0.1, 0.15) is 11.4 Å². The van der Waals surface area contributed by atoms with Gasteiger partial charge in [-0.2, -0.15) is 0 Å². The number of rotatable bonds is 5. The average molecular weight is 401 g/mol. The Bertz CT molecular complexity index is 1160. The SMILES string of the molecule is Cc1cc2ncc(-c3ccc(OC(C)C)cc3)n2cc1-c1ccc(C(C)(C)O)cc1. The highest BCUT2D eigenvalue weighted by Gasteiger charge is 2.16. The van der Waals surface area contributed by atoms with E-state index in [9.17, 15) is 5.11 Å². The van der Waals surface area contributed by atoms with Crippen molar-refractivity contribution in [2.75, 3.05) is 0 Å². The van der Waals surface area contributed by atoms with E-state index in [2.05, 4.69) is 52.8 Å². The first-order valence-electron chi connectivity index (χ1n) is 10.3. The zero-order chi connectivity index (χ0) is 21.5. The number of benzene rings is 2. The van der Waals surface area contributed by atoms with Crippen LogP contribution < -0.4 is 4.74 Å². The molecule has 2 aromatic heterocycles. The highest BCUT2D eigenvalue weighted by Crippen LogP contribution is 2.30. The van der Waals surface area contributed by atoms with E-state index in [0.29, 0.717) is 0 Å². The molecule has 154 valence electrons. The first-order chi connectivity index (χ1) is 14.2. The molecule has 0 aliphatic carbocycles. The lowest BCUT2D eigenvalue weighted by Crippen LogP contribution is -2.14. The quantitative estimate of drug-likeness (QED) is 0.447. The van der Waals surface area contributed by atoms with Crippen LogP contribution in [0.3, 0.4) is 0 Å². The number of aryl methyl sites for hydroxylation is 1. The predicted molar refractivity (Wildman–Crippen MR) is 122 cm³/mol. The average Bonchev–Trinajstić information content (AvgIpc) is 3.09. The topological polar surface area (TPSA) is 46.8 Å². The number of fused-ring (bicyclic) bond motifs is 1. The molecule has 0 unspecified atom stereocenters. The minimum absolute atomic E-state index is 0.153. The number of ether oxygens (including phenoxy) is 1. The number of pyridine rings is 1. The molecule has 0 saturated heterocycles. The molecule has 4 aromatic rings. The van der Waals surface area contributed by atoms with Gasteiger partial charge in [0.2, 0.25) is 0 Å². The van der Waals surface area contributed by atoms with Crippen molar-refractivity contribution in [3.05, 3.63) is 78.1 Å². The minimum atomic E-state index is -0.847. The van der Waals surface area contributed by atoms with Crippen LogP contribution in [0.4, 0.5) is 0 Å². The zero-order valence-corrected chi connectivity index (χ0v) is 18.2. The summed E-state index contributed by atoms with van der Waals surface area (Å²) >= 11 is 0. The molecule has 2 heterocycles. The molecule has 0 spiro atoms. The molecule has 4 heteroatoms. The Morgan fingerprint density at radius 3 is 2.20 bits per heavy atom. The van der Waals surface area contributed by atoms with Crippen molar-refractivity contribution in [2.24, 2.45) is 0 Å². The van der Waals surface area contributed by atoms with Gasteiger partial charge in [0.05, 0.1) is 23.6 Å². The first-order valence-corrected chi connectivity index (χ1v) is 10.3. The molecular formula is C26H28N2O2. The predicted octanol–water partition coefficient (Wildman–Crippen LogP) is 5.99. The summed E-state index contributed by atoms with van der Waals surface area (Å²) in [5, 5.41) is 10.2. The maximum absolute atomic E-state index is 10.2. The van der Waals surface area contributed by atoms with Gasteiger partial charge < -0.3 is 9.84 Å². The zero-order valence-electron chi connectivity index (χ0n) is 18.2. The van der Waals surface area contributed by atoms with E-state index in [1.54, 1.807) is 13.8 Å². The van der Waals surface area contributed by atoms with Gasteiger partial charge in [0.15, 0.2) is 0 Å². The number of hydrogen-bond acceptors (Lipinski definition) is 3. The second-order valence-corrected chi connectivity index (χ2v) is 8.57. The summed E-state index contributed by atoms with van der Waals surface area (Å²) in [5.41, 5.74) is 6.52. The summed E-state index contributed by atoms with van der Waals surface area (Å²) in [4.78, 5) is 4.61. The second kappa shape index (κ2) is 7.62. The Labute approximate surface area is 177 Å². The third-order valence-electron chi connectivity index (χ3n) is 5.28. The molecule has 0 aliphatic heterocycles. The van der Waals surface area contributed by atoms with Crippen molar-refractivity contribution in [3.8, 4) is 28.1 Å². The van der Waals surface area contributed by atoms with Crippen molar-refractivity contribution >= 4 is 5.65 Å². The highest BCUT2D eigenvalue weighted by atomic mass is 16.5. The lowest BCUT2D eigenvalue weighted by atomic mass is 9.95. The van der Waals surface area contributed by atoms with Crippen LogP contribution in [-0.4, -0.2) is 20.6 Å². The van der Waals surface area contributed by atoms with Crippen molar-refractivity contribution in [1.82, 2.24) is 9.38 Å². The summed E-state index contributed by atoms with van der Waals surface area (Å²) in [5.74, 6) is 0.867. The molecule has 4 nitrogen and oxygen atoms in total. The number of hydrogen-bond donors (Lipinski definition) is 1. The van der Waals surface area contributed by atoms with E-state index in [-0.39, 0.29) is 6.10 Å². The highest BCUT2D eigenvalue weighted by molar-refractivity contribution is 5.72. The molecular weight excluding hydrogens is 372 g/mol. The van der Waals surface area contributed by atoms with Gasteiger partial charge in [-0.05, 0) is 81.6 Å². The Morgan fingerprint density at radius 1 is 0.967 bits per heavy atom. The van der Waals surface area contributed by atoms with Gasteiger partial charge >= 0.3 is 0 Å². The summed E-state index contributed by atoms with van der Waals surface area (Å²) in [6, 6.07) is 18.4. The Hall–Kier alpha value is -3.11. The van der Waals surface area contributed by atoms with Crippen LogP contribution in [0, 0.1) is 6.92 Å². The summed E-state index contributed by atoms with van der Waals surface area (Å²) in [6.45, 7) is 9.75. The van der Waals surface area contributed by atoms with E-state index in [1.165, 1.54) is 0 Å². The Morgan fingerprint density at radius 2 is 1.60 bits per heavy atom. The minimum Gasteiger partial charge on any atom is -0.491 e. The summed E-state index contributed by atoms with van der Waals surface area (Å²) in [6.07, 6.45) is 4.21. The Kier molecular flexibility index (Phi) is 5.12. The molecule has 0 bridgehead atoms. The van der Waals surface area contributed by atoms with E-state index >= 15 is 0 Å². The molecule has 0 fully saturated rings. The van der Waals surface area contributed by atoms with E-state index in [0.717, 1.165) is 44.9 Å².